The second-order valence-electron chi connectivity index (χ2n) is 7.08. The minimum absolute atomic E-state index is 0.210. The zero-order valence-electron chi connectivity index (χ0n) is 15.9. The van der Waals surface area contributed by atoms with Crippen molar-refractivity contribution in [3.63, 3.8) is 0 Å². The molecule has 3 rings (SSSR count). The van der Waals surface area contributed by atoms with Crippen LogP contribution in [0.3, 0.4) is 0 Å². The Labute approximate surface area is 161 Å². The molecule has 2 atom stereocenters. The summed E-state index contributed by atoms with van der Waals surface area (Å²) < 4.78 is 5.86. The van der Waals surface area contributed by atoms with Crippen molar-refractivity contribution >= 4 is 5.91 Å². The Morgan fingerprint density at radius 1 is 1.19 bits per heavy atom. The van der Waals surface area contributed by atoms with Crippen LogP contribution in [0.25, 0.3) is 0 Å². The van der Waals surface area contributed by atoms with Gasteiger partial charge in [0.15, 0.2) is 0 Å². The lowest BCUT2D eigenvalue weighted by Crippen LogP contribution is -2.31. The Hall–Kier alpha value is -2.33. The van der Waals surface area contributed by atoms with Crippen molar-refractivity contribution in [2.24, 2.45) is 0 Å². The molecular weight excluding hydrogens is 338 g/mol. The number of aliphatic hydroxyl groups excluding tert-OH is 1. The van der Waals surface area contributed by atoms with Gasteiger partial charge in [0, 0.05) is 12.5 Å². The second-order valence-corrected chi connectivity index (χ2v) is 7.08. The van der Waals surface area contributed by atoms with Crippen molar-refractivity contribution in [1.82, 2.24) is 4.90 Å². The van der Waals surface area contributed by atoms with E-state index in [0.29, 0.717) is 19.3 Å². The summed E-state index contributed by atoms with van der Waals surface area (Å²) in [5, 5.41) is 10.5. The number of hydrogen-bond acceptors (Lipinski definition) is 3. The minimum atomic E-state index is -0.420. The molecular formula is C23H28NO3. The third-order valence-electron chi connectivity index (χ3n) is 4.93. The Morgan fingerprint density at radius 3 is 2.74 bits per heavy atom. The van der Waals surface area contributed by atoms with E-state index in [1.807, 2.05) is 73.0 Å². The highest BCUT2D eigenvalue weighted by Gasteiger charge is 2.30. The molecule has 1 N–H and O–H groups in total. The second kappa shape index (κ2) is 9.56. The minimum Gasteiger partial charge on any atom is -0.457 e. The van der Waals surface area contributed by atoms with Gasteiger partial charge in [-0.25, -0.2) is 0 Å². The van der Waals surface area contributed by atoms with Crippen molar-refractivity contribution in [3.8, 4) is 11.5 Å². The number of amides is 1. The third kappa shape index (κ3) is 5.57. The van der Waals surface area contributed by atoms with E-state index in [-0.39, 0.29) is 11.9 Å². The monoisotopic (exact) mass is 366 g/mol. The number of aliphatic hydroxyl groups is 1. The zero-order chi connectivity index (χ0) is 19.1. The van der Waals surface area contributed by atoms with Crippen molar-refractivity contribution in [1.29, 1.82) is 0 Å². The van der Waals surface area contributed by atoms with Gasteiger partial charge >= 0.3 is 0 Å². The van der Waals surface area contributed by atoms with Crippen LogP contribution in [0.1, 0.15) is 44.6 Å². The fraction of sp³-hybridized carbons (Fsp3) is 0.391. The predicted molar refractivity (Wildman–Crippen MR) is 106 cm³/mol. The summed E-state index contributed by atoms with van der Waals surface area (Å²) in [5.41, 5.74) is 1.05. The molecule has 1 heterocycles. The molecule has 1 aliphatic heterocycles. The van der Waals surface area contributed by atoms with Crippen molar-refractivity contribution in [2.45, 2.75) is 57.6 Å². The van der Waals surface area contributed by atoms with Gasteiger partial charge < -0.3 is 14.7 Å². The maximum Gasteiger partial charge on any atom is 0.223 e. The average molecular weight is 366 g/mol. The highest BCUT2D eigenvalue weighted by atomic mass is 16.5. The highest BCUT2D eigenvalue weighted by molar-refractivity contribution is 5.79. The molecule has 2 aromatic rings. The number of benzene rings is 2. The Kier molecular flexibility index (Phi) is 6.88. The Balaban J connectivity index is 1.51. The van der Waals surface area contributed by atoms with Gasteiger partial charge in [-0.2, -0.15) is 0 Å². The number of nitrogens with zero attached hydrogens (tertiary/aromatic N) is 1. The molecule has 1 amide bonds. The molecule has 0 bridgehead atoms. The van der Waals surface area contributed by atoms with Crippen LogP contribution in [0.5, 0.6) is 11.5 Å². The molecule has 143 valence electrons. The molecule has 1 aliphatic rings. The van der Waals surface area contributed by atoms with Crippen LogP contribution >= 0.6 is 0 Å². The smallest absolute Gasteiger partial charge is 0.223 e. The Morgan fingerprint density at radius 2 is 1.96 bits per heavy atom. The first kappa shape index (κ1) is 19.4. The molecule has 2 aromatic carbocycles. The molecule has 0 spiro atoms. The van der Waals surface area contributed by atoms with E-state index < -0.39 is 6.10 Å². The first-order valence-electron chi connectivity index (χ1n) is 9.80. The van der Waals surface area contributed by atoms with E-state index in [1.165, 1.54) is 0 Å². The van der Waals surface area contributed by atoms with Gasteiger partial charge in [-0.3, -0.25) is 4.79 Å². The van der Waals surface area contributed by atoms with Crippen LogP contribution in [-0.2, 0) is 11.2 Å². The lowest BCUT2D eigenvalue weighted by molar-refractivity contribution is -0.127. The molecule has 1 saturated heterocycles. The van der Waals surface area contributed by atoms with Gasteiger partial charge in [-0.15, -0.1) is 0 Å². The molecule has 0 aliphatic carbocycles. The maximum absolute atomic E-state index is 11.9. The fourth-order valence-corrected chi connectivity index (χ4v) is 3.61. The Bertz CT molecular complexity index is 731. The quantitative estimate of drug-likeness (QED) is 0.698. The van der Waals surface area contributed by atoms with Gasteiger partial charge in [0.05, 0.1) is 12.6 Å². The van der Waals surface area contributed by atoms with E-state index in [2.05, 4.69) is 0 Å². The summed E-state index contributed by atoms with van der Waals surface area (Å²) in [6.07, 6.45) is 4.07. The summed E-state index contributed by atoms with van der Waals surface area (Å²) in [7, 11) is 0. The first-order valence-corrected chi connectivity index (χ1v) is 9.80. The van der Waals surface area contributed by atoms with E-state index in [9.17, 15) is 9.90 Å². The number of carbonyl (C=O) groups is 1. The van der Waals surface area contributed by atoms with E-state index in [0.717, 1.165) is 36.3 Å². The lowest BCUT2D eigenvalue weighted by Gasteiger charge is -2.24. The van der Waals surface area contributed by atoms with Crippen molar-refractivity contribution < 1.29 is 14.6 Å². The van der Waals surface area contributed by atoms with Gasteiger partial charge in [0.2, 0.25) is 5.91 Å². The number of para-hydroxylation sites is 1. The number of hydrogen-bond donors (Lipinski definition) is 1. The average Bonchev–Trinajstić information content (AvgIpc) is 3.01. The van der Waals surface area contributed by atoms with Crippen LogP contribution in [0.4, 0.5) is 0 Å². The normalized spacial score (nSPS) is 17.9. The molecule has 0 saturated carbocycles. The molecule has 1 radical (unpaired) electrons. The molecule has 27 heavy (non-hydrogen) atoms. The fourth-order valence-electron chi connectivity index (χ4n) is 3.61. The first-order chi connectivity index (χ1) is 13.2. The maximum atomic E-state index is 11.9. The lowest BCUT2D eigenvalue weighted by atomic mass is 10.0. The van der Waals surface area contributed by atoms with Gasteiger partial charge in [0.25, 0.3) is 0 Å². The van der Waals surface area contributed by atoms with Crippen LogP contribution in [-0.4, -0.2) is 28.1 Å². The van der Waals surface area contributed by atoms with Crippen LogP contribution in [0.15, 0.2) is 54.6 Å². The summed E-state index contributed by atoms with van der Waals surface area (Å²) >= 11 is 0. The third-order valence-corrected chi connectivity index (χ3v) is 4.93. The van der Waals surface area contributed by atoms with E-state index in [4.69, 9.17) is 4.74 Å². The summed E-state index contributed by atoms with van der Waals surface area (Å²) in [6.45, 7) is 4.03. The molecule has 4 heteroatoms. The van der Waals surface area contributed by atoms with E-state index >= 15 is 0 Å². The van der Waals surface area contributed by atoms with Gasteiger partial charge in [-0.1, -0.05) is 37.3 Å². The van der Waals surface area contributed by atoms with Gasteiger partial charge in [0.1, 0.15) is 11.5 Å². The van der Waals surface area contributed by atoms with Crippen molar-refractivity contribution in [3.05, 3.63) is 66.7 Å². The largest absolute Gasteiger partial charge is 0.457 e. The van der Waals surface area contributed by atoms with Crippen molar-refractivity contribution in [2.75, 3.05) is 0 Å². The number of carbonyl (C=O) groups excluding carboxylic acids is 1. The molecule has 4 nitrogen and oxygen atoms in total. The summed E-state index contributed by atoms with van der Waals surface area (Å²) in [4.78, 5) is 13.8. The SMILES string of the molecule is CC[CH]N1C(=O)CCC1CCC(O)Cc1cccc(Oc2ccccc2)c1. The van der Waals surface area contributed by atoms with Gasteiger partial charge in [-0.05, 0) is 61.9 Å². The topological polar surface area (TPSA) is 49.8 Å². The van der Waals surface area contributed by atoms with Crippen LogP contribution < -0.4 is 4.74 Å². The number of rotatable bonds is 9. The zero-order valence-corrected chi connectivity index (χ0v) is 15.9. The highest BCUT2D eigenvalue weighted by Crippen LogP contribution is 2.26. The standard InChI is InChI=1S/C23H28NO3/c1-2-15-24-19(12-14-23(24)26)11-13-20(25)16-18-7-6-10-22(17-18)27-21-8-4-3-5-9-21/h3-10,15,17,19-20,25H,2,11-14,16H2,1H3. The summed E-state index contributed by atoms with van der Waals surface area (Å²) in [5.74, 6) is 1.78. The molecule has 1 fully saturated rings. The summed E-state index contributed by atoms with van der Waals surface area (Å²) in [6, 6.07) is 17.8. The molecule has 2 unspecified atom stereocenters. The predicted octanol–water partition coefficient (Wildman–Crippen LogP) is 4.73. The van der Waals surface area contributed by atoms with Crippen LogP contribution in [0.2, 0.25) is 0 Å². The van der Waals surface area contributed by atoms with Crippen LogP contribution in [0, 0.1) is 6.54 Å². The number of ether oxygens (including phenoxy) is 1. The number of likely N-dealkylation sites (tertiary alicyclic amines) is 1. The molecule has 0 aromatic heterocycles. The van der Waals surface area contributed by atoms with E-state index in [1.54, 1.807) is 0 Å².